The lowest BCUT2D eigenvalue weighted by molar-refractivity contribution is -0.928. The van der Waals surface area contributed by atoms with Gasteiger partial charge in [-0.3, -0.25) is 5.32 Å². The first kappa shape index (κ1) is 21.9. The fraction of sp³-hybridized carbons (Fsp3) is 0.600. The summed E-state index contributed by atoms with van der Waals surface area (Å²) in [6, 6.07) is 5.18. The van der Waals surface area contributed by atoms with Crippen LogP contribution in [-0.4, -0.2) is 49.4 Å². The minimum Gasteiger partial charge on any atom is -0.443 e. The number of aliphatic imine (C=N–C) groups is 1. The average molecular weight is 362 g/mol. The maximum absolute atomic E-state index is 12.1. The van der Waals surface area contributed by atoms with E-state index in [1.807, 2.05) is 6.92 Å². The molecule has 0 radical (unpaired) electrons. The number of anilines is 1. The van der Waals surface area contributed by atoms with E-state index in [1.54, 1.807) is 18.2 Å². The lowest BCUT2D eigenvalue weighted by atomic mass is 10.2. The molecule has 26 heavy (non-hydrogen) atoms. The van der Waals surface area contributed by atoms with Crippen LogP contribution in [0.4, 0.5) is 16.2 Å². The fourth-order valence-corrected chi connectivity index (χ4v) is 3.44. The highest BCUT2D eigenvalue weighted by Crippen LogP contribution is 2.22. The van der Waals surface area contributed by atoms with E-state index in [0.29, 0.717) is 18.0 Å². The minimum atomic E-state index is -0.488. The smallest absolute Gasteiger partial charge is 0.411 e. The Bertz CT molecular complexity index is 608. The van der Waals surface area contributed by atoms with Crippen molar-refractivity contribution < 1.29 is 18.8 Å². The van der Waals surface area contributed by atoms with Crippen molar-refractivity contribution in [1.29, 1.82) is 0 Å². The summed E-state index contributed by atoms with van der Waals surface area (Å²) in [7, 11) is 0. The van der Waals surface area contributed by atoms with Gasteiger partial charge in [0.15, 0.2) is 0 Å². The second-order valence-corrected chi connectivity index (χ2v) is 6.70. The lowest BCUT2D eigenvalue weighted by Gasteiger charge is -2.38. The predicted octanol–water partition coefficient (Wildman–Crippen LogP) is 4.56. The van der Waals surface area contributed by atoms with Crippen molar-refractivity contribution >= 4 is 23.5 Å². The Labute approximate surface area is 156 Å². The molecule has 0 bridgehead atoms. The molecule has 1 aromatic carbocycles. The van der Waals surface area contributed by atoms with Crippen LogP contribution in [0.5, 0.6) is 0 Å². The van der Waals surface area contributed by atoms with Gasteiger partial charge in [0, 0.05) is 5.69 Å². The summed E-state index contributed by atoms with van der Waals surface area (Å²) in [4.78, 5) is 26.2. The first-order valence-corrected chi connectivity index (χ1v) is 9.47. The molecule has 6 heteroatoms. The predicted molar refractivity (Wildman–Crippen MR) is 105 cm³/mol. The quantitative estimate of drug-likeness (QED) is 0.356. The van der Waals surface area contributed by atoms with Crippen molar-refractivity contribution in [3.63, 3.8) is 0 Å². The Morgan fingerprint density at radius 2 is 1.73 bits per heavy atom. The number of hydrogen-bond donors (Lipinski definition) is 1. The van der Waals surface area contributed by atoms with Gasteiger partial charge in [-0.25, -0.2) is 9.59 Å². The molecule has 0 aromatic heterocycles. The molecule has 0 unspecified atom stereocenters. The van der Waals surface area contributed by atoms with E-state index in [-0.39, 0.29) is 0 Å². The van der Waals surface area contributed by atoms with E-state index in [2.05, 4.69) is 31.1 Å². The van der Waals surface area contributed by atoms with Gasteiger partial charge in [0.1, 0.15) is 13.2 Å². The summed E-state index contributed by atoms with van der Waals surface area (Å²) < 4.78 is 6.40. The molecule has 1 amide bonds. The standard InChI is InChI=1S/C20H31N3O3/c1-5-10-23(11-6-2,12-7-3)13-14-26-20(25)22-18-9-8-17(4)19(15-18)21-16-24/h8-9,15H,5-7,10-14H2,1-4H3/p+1. The molecular weight excluding hydrogens is 330 g/mol. The molecule has 1 N–H and O–H groups in total. The van der Waals surface area contributed by atoms with Gasteiger partial charge in [0.25, 0.3) is 0 Å². The molecular formula is C20H32N3O3+. The van der Waals surface area contributed by atoms with Crippen LogP contribution in [0, 0.1) is 6.92 Å². The molecule has 0 saturated carbocycles. The maximum Gasteiger partial charge on any atom is 0.411 e. The molecule has 144 valence electrons. The van der Waals surface area contributed by atoms with E-state index in [0.717, 1.165) is 55.5 Å². The van der Waals surface area contributed by atoms with E-state index < -0.39 is 6.09 Å². The normalized spacial score (nSPS) is 10.9. The summed E-state index contributed by atoms with van der Waals surface area (Å²) >= 11 is 0. The van der Waals surface area contributed by atoms with Crippen molar-refractivity contribution in [2.24, 2.45) is 4.99 Å². The molecule has 0 aliphatic rings. The SMILES string of the molecule is CCC[N+](CCC)(CCC)CCOC(=O)Nc1ccc(C)c(N=C=O)c1. The topological polar surface area (TPSA) is 67.8 Å². The monoisotopic (exact) mass is 362 g/mol. The number of benzene rings is 1. The summed E-state index contributed by atoms with van der Waals surface area (Å²) in [6.45, 7) is 13.0. The molecule has 6 nitrogen and oxygen atoms in total. The number of rotatable bonds is 11. The highest BCUT2D eigenvalue weighted by molar-refractivity contribution is 5.85. The second kappa shape index (κ2) is 11.4. The number of nitrogens with one attached hydrogen (secondary N) is 1. The van der Waals surface area contributed by atoms with Gasteiger partial charge in [0.2, 0.25) is 6.08 Å². The number of amides is 1. The number of quaternary nitrogens is 1. The van der Waals surface area contributed by atoms with Crippen LogP contribution < -0.4 is 5.32 Å². The van der Waals surface area contributed by atoms with Gasteiger partial charge >= 0.3 is 6.09 Å². The lowest BCUT2D eigenvalue weighted by Crippen LogP contribution is -2.51. The van der Waals surface area contributed by atoms with Crippen LogP contribution in [0.2, 0.25) is 0 Å². The van der Waals surface area contributed by atoms with Gasteiger partial charge in [-0.1, -0.05) is 26.8 Å². The zero-order valence-corrected chi connectivity index (χ0v) is 16.5. The number of ether oxygens (including phenoxy) is 1. The number of carbonyl (C=O) groups excluding carboxylic acids is 2. The first-order chi connectivity index (χ1) is 12.5. The molecule has 0 aliphatic heterocycles. The fourth-order valence-electron chi connectivity index (χ4n) is 3.44. The average Bonchev–Trinajstić information content (AvgIpc) is 2.59. The van der Waals surface area contributed by atoms with Crippen LogP contribution in [-0.2, 0) is 9.53 Å². The molecule has 0 spiro atoms. The molecule has 0 fully saturated rings. The third-order valence-electron chi connectivity index (χ3n) is 4.51. The maximum atomic E-state index is 12.1. The summed E-state index contributed by atoms with van der Waals surface area (Å²) in [5, 5.41) is 2.69. The Balaban J connectivity index is 2.62. The Kier molecular flexibility index (Phi) is 9.63. The first-order valence-electron chi connectivity index (χ1n) is 9.47. The molecule has 0 heterocycles. The molecule has 0 atom stereocenters. The van der Waals surface area contributed by atoms with Crippen LogP contribution >= 0.6 is 0 Å². The van der Waals surface area contributed by atoms with Gasteiger partial charge in [-0.05, 0) is 43.9 Å². The number of aryl methyl sites for hydroxylation is 1. The molecule has 1 rings (SSSR count). The van der Waals surface area contributed by atoms with Crippen LogP contribution in [0.25, 0.3) is 0 Å². The van der Waals surface area contributed by atoms with Gasteiger partial charge in [0.05, 0.1) is 25.3 Å². The van der Waals surface area contributed by atoms with E-state index >= 15 is 0 Å². The van der Waals surface area contributed by atoms with Crippen molar-refractivity contribution in [1.82, 2.24) is 0 Å². The van der Waals surface area contributed by atoms with Gasteiger partial charge < -0.3 is 9.22 Å². The third-order valence-corrected chi connectivity index (χ3v) is 4.51. The Morgan fingerprint density at radius 3 is 2.27 bits per heavy atom. The highest BCUT2D eigenvalue weighted by Gasteiger charge is 2.24. The third kappa shape index (κ3) is 6.98. The van der Waals surface area contributed by atoms with Crippen LogP contribution in [0.1, 0.15) is 45.6 Å². The van der Waals surface area contributed by atoms with Gasteiger partial charge in [-0.15, -0.1) is 0 Å². The summed E-state index contributed by atoms with van der Waals surface area (Å²) in [5.74, 6) is 0. The number of hydrogen-bond acceptors (Lipinski definition) is 4. The van der Waals surface area contributed by atoms with Crippen molar-refractivity contribution in [3.8, 4) is 0 Å². The van der Waals surface area contributed by atoms with E-state index in [1.165, 1.54) is 6.08 Å². The Hall–Kier alpha value is -2.17. The molecule has 0 saturated heterocycles. The van der Waals surface area contributed by atoms with E-state index in [4.69, 9.17) is 4.74 Å². The molecule has 1 aromatic rings. The van der Waals surface area contributed by atoms with Crippen molar-refractivity contribution in [2.75, 3.05) is 38.1 Å². The van der Waals surface area contributed by atoms with Crippen molar-refractivity contribution in [3.05, 3.63) is 23.8 Å². The van der Waals surface area contributed by atoms with Crippen LogP contribution in [0.15, 0.2) is 23.2 Å². The second-order valence-electron chi connectivity index (χ2n) is 6.70. The van der Waals surface area contributed by atoms with Crippen LogP contribution in [0.3, 0.4) is 0 Å². The zero-order chi connectivity index (χ0) is 19.4. The number of carbonyl (C=O) groups is 1. The summed E-state index contributed by atoms with van der Waals surface area (Å²) in [6.07, 6.45) is 4.39. The number of nitrogens with zero attached hydrogens (tertiary/aromatic N) is 2. The number of isocyanates is 1. The molecule has 0 aliphatic carbocycles. The summed E-state index contributed by atoms with van der Waals surface area (Å²) in [5.41, 5.74) is 1.88. The minimum absolute atomic E-state index is 0.386. The zero-order valence-electron chi connectivity index (χ0n) is 16.5. The Morgan fingerprint density at radius 1 is 1.12 bits per heavy atom. The van der Waals surface area contributed by atoms with Gasteiger partial charge in [-0.2, -0.15) is 4.99 Å². The largest absolute Gasteiger partial charge is 0.443 e. The van der Waals surface area contributed by atoms with Crippen molar-refractivity contribution in [2.45, 2.75) is 47.0 Å². The van der Waals surface area contributed by atoms with E-state index in [9.17, 15) is 9.59 Å². The highest BCUT2D eigenvalue weighted by atomic mass is 16.5.